The standard InChI is InChI=1S/C26H33NO4/c1-7-8-18-13-16(2)21(17(3)23(18)25(4,5)6)22-19(28)14-26(15-20(22)29)9-11-27(12-10-26)24(30)31/h13,22H,9-12,14-15H2,1-6H3,(H,30,31). The quantitative estimate of drug-likeness (QED) is 0.523. The summed E-state index contributed by atoms with van der Waals surface area (Å²) in [6.07, 6.45) is 0.894. The Balaban J connectivity index is 1.99. The number of ketones is 2. The molecule has 1 aromatic carbocycles. The van der Waals surface area contributed by atoms with Crippen molar-refractivity contribution in [3.8, 4) is 11.8 Å². The number of hydrogen-bond acceptors (Lipinski definition) is 3. The van der Waals surface area contributed by atoms with Crippen molar-refractivity contribution in [1.82, 2.24) is 4.90 Å². The lowest BCUT2D eigenvalue weighted by Gasteiger charge is -2.44. The van der Waals surface area contributed by atoms with Gasteiger partial charge >= 0.3 is 6.09 Å². The third kappa shape index (κ3) is 4.26. The van der Waals surface area contributed by atoms with Gasteiger partial charge in [-0.25, -0.2) is 4.79 Å². The number of hydrogen-bond donors (Lipinski definition) is 1. The fraction of sp³-hybridized carbons (Fsp3) is 0.577. The third-order valence-corrected chi connectivity index (χ3v) is 6.97. The fourth-order valence-corrected chi connectivity index (χ4v) is 5.68. The molecule has 1 N–H and O–H groups in total. The molecule has 2 fully saturated rings. The summed E-state index contributed by atoms with van der Waals surface area (Å²) in [5.74, 6) is 5.41. The van der Waals surface area contributed by atoms with E-state index >= 15 is 0 Å². The molecule has 1 heterocycles. The second-order valence-corrected chi connectivity index (χ2v) is 10.3. The van der Waals surface area contributed by atoms with Gasteiger partial charge in [0.15, 0.2) is 0 Å². The summed E-state index contributed by atoms with van der Waals surface area (Å²) in [7, 11) is 0. The van der Waals surface area contributed by atoms with Crippen LogP contribution < -0.4 is 0 Å². The van der Waals surface area contributed by atoms with E-state index in [1.165, 1.54) is 4.90 Å². The molecule has 166 valence electrons. The van der Waals surface area contributed by atoms with Crippen LogP contribution in [-0.2, 0) is 15.0 Å². The maximum Gasteiger partial charge on any atom is 0.407 e. The lowest BCUT2D eigenvalue weighted by Crippen LogP contribution is -2.48. The van der Waals surface area contributed by atoms with E-state index in [1.54, 1.807) is 0 Å². The molecule has 5 nitrogen and oxygen atoms in total. The van der Waals surface area contributed by atoms with Crippen LogP contribution in [0.1, 0.15) is 87.1 Å². The molecule has 1 aliphatic carbocycles. The van der Waals surface area contributed by atoms with E-state index in [1.807, 2.05) is 26.8 Å². The van der Waals surface area contributed by atoms with Crippen molar-refractivity contribution in [2.75, 3.05) is 13.1 Å². The van der Waals surface area contributed by atoms with Crippen LogP contribution in [0.4, 0.5) is 4.79 Å². The first kappa shape index (κ1) is 23.1. The number of carbonyl (C=O) groups excluding carboxylic acids is 2. The van der Waals surface area contributed by atoms with Crippen molar-refractivity contribution in [3.05, 3.63) is 33.9 Å². The number of amides is 1. The minimum absolute atomic E-state index is 0.0274. The summed E-state index contributed by atoms with van der Waals surface area (Å²) >= 11 is 0. The van der Waals surface area contributed by atoms with E-state index in [4.69, 9.17) is 0 Å². The van der Waals surface area contributed by atoms with Crippen molar-refractivity contribution in [1.29, 1.82) is 0 Å². The summed E-state index contributed by atoms with van der Waals surface area (Å²) in [5, 5.41) is 9.22. The summed E-state index contributed by atoms with van der Waals surface area (Å²) < 4.78 is 0. The van der Waals surface area contributed by atoms with Gasteiger partial charge in [-0.2, -0.15) is 0 Å². The van der Waals surface area contributed by atoms with E-state index in [2.05, 4.69) is 32.6 Å². The van der Waals surface area contributed by atoms with E-state index in [0.29, 0.717) is 38.8 Å². The first-order valence-corrected chi connectivity index (χ1v) is 11.0. The lowest BCUT2D eigenvalue weighted by molar-refractivity contribution is -0.138. The predicted molar refractivity (Wildman–Crippen MR) is 120 cm³/mol. The first-order valence-electron chi connectivity index (χ1n) is 11.0. The Morgan fingerprint density at radius 1 is 1.13 bits per heavy atom. The minimum atomic E-state index is -0.933. The summed E-state index contributed by atoms with van der Waals surface area (Å²) in [6.45, 7) is 13.0. The molecule has 2 aliphatic rings. The predicted octanol–water partition coefficient (Wildman–Crippen LogP) is 4.75. The zero-order valence-electron chi connectivity index (χ0n) is 19.5. The Bertz CT molecular complexity index is 975. The van der Waals surface area contributed by atoms with E-state index in [-0.39, 0.29) is 22.4 Å². The summed E-state index contributed by atoms with van der Waals surface area (Å²) in [4.78, 5) is 39.4. The molecule has 1 saturated carbocycles. The molecule has 1 aromatic rings. The van der Waals surface area contributed by atoms with Crippen LogP contribution in [0.5, 0.6) is 0 Å². The second kappa shape index (κ2) is 8.15. The van der Waals surface area contributed by atoms with Gasteiger partial charge in [-0.05, 0) is 72.8 Å². The Labute approximate surface area is 185 Å². The molecule has 0 aromatic heterocycles. The molecule has 31 heavy (non-hydrogen) atoms. The highest BCUT2D eigenvalue weighted by atomic mass is 16.4. The van der Waals surface area contributed by atoms with Gasteiger partial charge in [-0.1, -0.05) is 26.7 Å². The Kier molecular flexibility index (Phi) is 6.06. The third-order valence-electron chi connectivity index (χ3n) is 6.97. The lowest BCUT2D eigenvalue weighted by atomic mass is 9.62. The molecule has 0 unspecified atom stereocenters. The molecule has 1 spiro atoms. The molecule has 1 saturated heterocycles. The van der Waals surface area contributed by atoms with Gasteiger partial charge in [0, 0.05) is 31.5 Å². The monoisotopic (exact) mass is 423 g/mol. The highest BCUT2D eigenvalue weighted by molar-refractivity contribution is 6.10. The average molecular weight is 424 g/mol. The zero-order valence-corrected chi connectivity index (χ0v) is 19.5. The van der Waals surface area contributed by atoms with E-state index in [9.17, 15) is 19.5 Å². The average Bonchev–Trinajstić information content (AvgIpc) is 2.63. The molecular formula is C26H33NO4. The number of aryl methyl sites for hydroxylation is 1. The summed E-state index contributed by atoms with van der Waals surface area (Å²) in [6, 6.07) is 2.02. The molecule has 1 aliphatic heterocycles. The van der Waals surface area contributed by atoms with Crippen molar-refractivity contribution in [2.45, 2.75) is 78.6 Å². The Hall–Kier alpha value is -2.61. The molecule has 5 heteroatoms. The van der Waals surface area contributed by atoms with Gasteiger partial charge in [0.05, 0.1) is 0 Å². The number of carboxylic acid groups (broad SMARTS) is 1. The number of Topliss-reactive ketones (excluding diaryl/α,β-unsaturated/α-hetero) is 2. The maximum absolute atomic E-state index is 13.4. The second-order valence-electron chi connectivity index (χ2n) is 10.3. The SMILES string of the molecule is CC#Cc1cc(C)c(C2C(=O)CC3(CCN(C(=O)O)CC3)CC2=O)c(C)c1C(C)(C)C. The first-order chi connectivity index (χ1) is 14.4. The fourth-order valence-electron chi connectivity index (χ4n) is 5.68. The van der Waals surface area contributed by atoms with Crippen molar-refractivity contribution in [2.24, 2.45) is 5.41 Å². The van der Waals surface area contributed by atoms with E-state index in [0.717, 1.165) is 27.8 Å². The van der Waals surface area contributed by atoms with Gasteiger partial charge in [0.25, 0.3) is 0 Å². The van der Waals surface area contributed by atoms with Gasteiger partial charge in [-0.3, -0.25) is 9.59 Å². The van der Waals surface area contributed by atoms with Crippen LogP contribution in [0, 0.1) is 31.1 Å². The van der Waals surface area contributed by atoms with Crippen molar-refractivity contribution in [3.63, 3.8) is 0 Å². The molecule has 0 radical (unpaired) electrons. The van der Waals surface area contributed by atoms with E-state index < -0.39 is 12.0 Å². The number of rotatable bonds is 1. The van der Waals surface area contributed by atoms with Crippen molar-refractivity contribution >= 4 is 17.7 Å². The zero-order chi connectivity index (χ0) is 23.1. The molecule has 3 rings (SSSR count). The van der Waals surface area contributed by atoms with Crippen LogP contribution in [0.2, 0.25) is 0 Å². The molecule has 0 atom stereocenters. The van der Waals surface area contributed by atoms with Crippen LogP contribution in [0.3, 0.4) is 0 Å². The Morgan fingerprint density at radius 2 is 1.68 bits per heavy atom. The Morgan fingerprint density at radius 3 is 2.13 bits per heavy atom. The number of piperidine rings is 1. The topological polar surface area (TPSA) is 74.7 Å². The normalized spacial score (nSPS) is 19.4. The van der Waals surface area contributed by atoms with Gasteiger partial charge < -0.3 is 10.0 Å². The van der Waals surface area contributed by atoms with Crippen LogP contribution >= 0.6 is 0 Å². The minimum Gasteiger partial charge on any atom is -0.465 e. The summed E-state index contributed by atoms with van der Waals surface area (Å²) in [5.41, 5.74) is 4.27. The van der Waals surface area contributed by atoms with Crippen LogP contribution in [0.25, 0.3) is 0 Å². The highest BCUT2D eigenvalue weighted by Crippen LogP contribution is 2.47. The number of likely N-dealkylation sites (tertiary alicyclic amines) is 1. The number of nitrogens with zero attached hydrogens (tertiary/aromatic N) is 1. The largest absolute Gasteiger partial charge is 0.465 e. The van der Waals surface area contributed by atoms with Gasteiger partial charge in [-0.15, -0.1) is 5.92 Å². The van der Waals surface area contributed by atoms with Crippen LogP contribution in [-0.4, -0.2) is 40.8 Å². The number of carbonyl (C=O) groups is 3. The molecular weight excluding hydrogens is 390 g/mol. The highest BCUT2D eigenvalue weighted by Gasteiger charge is 2.48. The van der Waals surface area contributed by atoms with Crippen LogP contribution in [0.15, 0.2) is 6.07 Å². The number of benzene rings is 1. The smallest absolute Gasteiger partial charge is 0.407 e. The molecule has 1 amide bonds. The maximum atomic E-state index is 13.4. The van der Waals surface area contributed by atoms with Gasteiger partial charge in [0.2, 0.25) is 0 Å². The van der Waals surface area contributed by atoms with Gasteiger partial charge in [0.1, 0.15) is 17.5 Å². The van der Waals surface area contributed by atoms with Crippen molar-refractivity contribution < 1.29 is 19.5 Å². The molecule has 0 bridgehead atoms.